The van der Waals surface area contributed by atoms with Gasteiger partial charge in [0.05, 0.1) is 12.1 Å². The second-order valence-electron chi connectivity index (χ2n) is 9.25. The third kappa shape index (κ3) is 8.59. The summed E-state index contributed by atoms with van der Waals surface area (Å²) in [4.78, 5) is 38.2. The van der Waals surface area contributed by atoms with E-state index in [-0.39, 0.29) is 30.9 Å². The summed E-state index contributed by atoms with van der Waals surface area (Å²) in [7, 11) is 0. The maximum atomic E-state index is 12.4. The molecule has 2 atom stereocenters. The van der Waals surface area contributed by atoms with Gasteiger partial charge in [0, 0.05) is 18.8 Å². The molecule has 2 aliphatic rings. The molecule has 4 rings (SSSR count). The molecule has 196 valence electrons. The van der Waals surface area contributed by atoms with Crippen LogP contribution in [0.2, 0.25) is 0 Å². The Morgan fingerprint density at radius 1 is 0.889 bits per heavy atom. The lowest BCUT2D eigenvalue weighted by molar-refractivity contribution is -0.105. The van der Waals surface area contributed by atoms with Crippen LogP contribution in [0, 0.1) is 0 Å². The second-order valence-corrected chi connectivity index (χ2v) is 9.25. The van der Waals surface area contributed by atoms with Crippen LogP contribution in [0.1, 0.15) is 53.0 Å². The van der Waals surface area contributed by atoms with Crippen LogP contribution in [0.15, 0.2) is 60.7 Å². The van der Waals surface area contributed by atoms with E-state index in [2.05, 4.69) is 5.32 Å². The first-order chi connectivity index (χ1) is 17.3. The molecule has 3 amide bonds. The van der Waals surface area contributed by atoms with Crippen LogP contribution < -0.4 is 5.32 Å². The first-order valence-corrected chi connectivity index (χ1v) is 12.5. The molecule has 0 spiro atoms. The first-order valence-electron chi connectivity index (χ1n) is 12.5. The van der Waals surface area contributed by atoms with Crippen LogP contribution in [-0.2, 0) is 20.9 Å². The molecule has 8 nitrogen and oxygen atoms in total. The quantitative estimate of drug-likeness (QED) is 0.549. The van der Waals surface area contributed by atoms with E-state index in [4.69, 9.17) is 9.47 Å². The summed E-state index contributed by atoms with van der Waals surface area (Å²) in [5.74, 6) is 0. The minimum Gasteiger partial charge on any atom is -0.445 e. The topological polar surface area (TPSA) is 88.2 Å². The highest BCUT2D eigenvalue weighted by Gasteiger charge is 2.47. The fourth-order valence-corrected chi connectivity index (χ4v) is 4.16. The fourth-order valence-electron chi connectivity index (χ4n) is 4.16. The lowest BCUT2D eigenvalue weighted by Gasteiger charge is -2.28. The zero-order valence-corrected chi connectivity index (χ0v) is 22.0. The van der Waals surface area contributed by atoms with Crippen molar-refractivity contribution in [1.82, 2.24) is 9.80 Å². The Bertz CT molecular complexity index is 947. The molecule has 0 radical (unpaired) electrons. The van der Waals surface area contributed by atoms with Crippen LogP contribution in [0.5, 0.6) is 0 Å². The normalized spacial score (nSPS) is 18.0. The zero-order valence-electron chi connectivity index (χ0n) is 22.0. The summed E-state index contributed by atoms with van der Waals surface area (Å²) < 4.78 is 10.9. The average molecular weight is 498 g/mol. The number of amides is 3. The van der Waals surface area contributed by atoms with Crippen molar-refractivity contribution in [3.63, 3.8) is 0 Å². The van der Waals surface area contributed by atoms with E-state index >= 15 is 0 Å². The number of carbonyl (C=O) groups excluding carboxylic acids is 3. The number of para-hydroxylation sites is 1. The van der Waals surface area contributed by atoms with E-state index in [9.17, 15) is 14.4 Å². The van der Waals surface area contributed by atoms with Crippen molar-refractivity contribution in [2.45, 2.75) is 71.8 Å². The number of anilines is 1. The lowest BCUT2D eigenvalue weighted by atomic mass is 10.1. The van der Waals surface area contributed by atoms with Crippen molar-refractivity contribution in [2.24, 2.45) is 0 Å². The van der Waals surface area contributed by atoms with Crippen molar-refractivity contribution in [2.75, 3.05) is 18.4 Å². The minimum absolute atomic E-state index is 0.0239. The Morgan fingerprint density at radius 2 is 1.39 bits per heavy atom. The van der Waals surface area contributed by atoms with Crippen LogP contribution in [-0.4, -0.2) is 59.2 Å². The fraction of sp³-hybridized carbons (Fsp3) is 0.464. The Hall–Kier alpha value is -3.55. The number of carbonyl (C=O) groups is 3. The van der Waals surface area contributed by atoms with Crippen LogP contribution >= 0.6 is 0 Å². The molecule has 2 fully saturated rings. The van der Waals surface area contributed by atoms with Gasteiger partial charge in [-0.2, -0.15) is 0 Å². The van der Waals surface area contributed by atoms with Crippen molar-refractivity contribution >= 4 is 24.3 Å². The summed E-state index contributed by atoms with van der Waals surface area (Å²) in [5, 5.41) is 2.53. The number of hydrogen-bond acceptors (Lipinski definition) is 5. The molecule has 2 saturated heterocycles. The van der Waals surface area contributed by atoms with Gasteiger partial charge in [-0.15, -0.1) is 0 Å². The summed E-state index contributed by atoms with van der Waals surface area (Å²) in [6, 6.07) is 19.0. The van der Waals surface area contributed by atoms with Crippen molar-refractivity contribution in [3.05, 3.63) is 66.2 Å². The molecule has 2 heterocycles. The van der Waals surface area contributed by atoms with Crippen molar-refractivity contribution < 1.29 is 23.9 Å². The number of hydrogen-bond donors (Lipinski definition) is 1. The van der Waals surface area contributed by atoms with E-state index in [0.717, 1.165) is 24.1 Å². The molecule has 0 bridgehead atoms. The Labute approximate surface area is 214 Å². The summed E-state index contributed by atoms with van der Waals surface area (Å²) in [5.41, 5.74) is 1.28. The van der Waals surface area contributed by atoms with Gasteiger partial charge in [0.2, 0.25) is 6.41 Å². The maximum Gasteiger partial charge on any atom is 0.410 e. The first kappa shape index (κ1) is 28.7. The summed E-state index contributed by atoms with van der Waals surface area (Å²) in [6.07, 6.45) is 1.60. The molecule has 2 unspecified atom stereocenters. The highest BCUT2D eigenvalue weighted by atomic mass is 16.6. The van der Waals surface area contributed by atoms with Gasteiger partial charge in [-0.05, 0) is 51.3 Å². The molecule has 36 heavy (non-hydrogen) atoms. The van der Waals surface area contributed by atoms with Gasteiger partial charge in [-0.1, -0.05) is 62.4 Å². The monoisotopic (exact) mass is 497 g/mol. The van der Waals surface area contributed by atoms with Crippen molar-refractivity contribution in [3.8, 4) is 0 Å². The molecule has 0 aromatic heterocycles. The van der Waals surface area contributed by atoms with E-state index < -0.39 is 5.60 Å². The third-order valence-corrected chi connectivity index (χ3v) is 5.64. The molecular formula is C28H39N3O5. The maximum absolute atomic E-state index is 12.4. The van der Waals surface area contributed by atoms with E-state index in [1.165, 1.54) is 0 Å². The van der Waals surface area contributed by atoms with Crippen LogP contribution in [0.4, 0.5) is 15.3 Å². The van der Waals surface area contributed by atoms with Gasteiger partial charge in [-0.3, -0.25) is 4.79 Å². The summed E-state index contributed by atoms with van der Waals surface area (Å²) in [6.45, 7) is 11.1. The highest BCUT2D eigenvalue weighted by Crippen LogP contribution is 2.33. The van der Waals surface area contributed by atoms with Gasteiger partial charge in [-0.25, -0.2) is 9.59 Å². The Kier molecular flexibility index (Phi) is 11.2. The van der Waals surface area contributed by atoms with Crippen molar-refractivity contribution in [1.29, 1.82) is 0 Å². The SMILES string of the molecule is CC.CC(C)(C)OC(=O)N1CCC2C1CCN2C(=O)OCc1ccccc1.O=CNc1ccccc1. The molecule has 0 saturated carbocycles. The lowest BCUT2D eigenvalue weighted by Crippen LogP contribution is -2.43. The summed E-state index contributed by atoms with van der Waals surface area (Å²) >= 11 is 0. The number of nitrogens with one attached hydrogen (secondary N) is 1. The molecule has 2 aliphatic heterocycles. The van der Waals surface area contributed by atoms with E-state index in [1.807, 2.05) is 95.3 Å². The molecule has 1 N–H and O–H groups in total. The van der Waals surface area contributed by atoms with Crippen LogP contribution in [0.3, 0.4) is 0 Å². The number of nitrogens with zero attached hydrogens (tertiary/aromatic N) is 2. The molecular weight excluding hydrogens is 458 g/mol. The molecule has 2 aromatic carbocycles. The highest BCUT2D eigenvalue weighted by molar-refractivity contribution is 5.72. The Balaban J connectivity index is 0.000000347. The number of likely N-dealkylation sites (tertiary alicyclic amines) is 2. The number of benzene rings is 2. The predicted molar refractivity (Wildman–Crippen MR) is 141 cm³/mol. The van der Waals surface area contributed by atoms with Gasteiger partial charge in [0.1, 0.15) is 12.2 Å². The molecule has 2 aromatic rings. The predicted octanol–water partition coefficient (Wildman–Crippen LogP) is 5.69. The van der Waals surface area contributed by atoms with Gasteiger partial charge < -0.3 is 24.6 Å². The van der Waals surface area contributed by atoms with E-state index in [0.29, 0.717) is 19.5 Å². The largest absolute Gasteiger partial charge is 0.445 e. The number of ether oxygens (including phenoxy) is 2. The minimum atomic E-state index is -0.512. The smallest absolute Gasteiger partial charge is 0.410 e. The standard InChI is InChI=1S/C19H26N2O4.C7H7NO.C2H6/c1-19(2,3)25-18(23)21-12-10-15-16(21)9-11-20(15)17(22)24-13-14-7-5-4-6-8-14;9-6-8-7-4-2-1-3-5-7;1-2/h4-8,15-16H,9-13H2,1-3H3;1-6H,(H,8,9);1-2H3. The van der Waals surface area contributed by atoms with Gasteiger partial charge in [0.25, 0.3) is 0 Å². The average Bonchev–Trinajstić information content (AvgIpc) is 3.47. The number of rotatable bonds is 4. The number of fused-ring (bicyclic) bond motifs is 1. The molecule has 0 aliphatic carbocycles. The second kappa shape index (κ2) is 14.1. The van der Waals surface area contributed by atoms with E-state index in [1.54, 1.807) is 9.80 Å². The van der Waals surface area contributed by atoms with Crippen LogP contribution in [0.25, 0.3) is 0 Å². The zero-order chi connectivity index (χ0) is 26.6. The van der Waals surface area contributed by atoms with Gasteiger partial charge >= 0.3 is 12.2 Å². The Morgan fingerprint density at radius 3 is 1.89 bits per heavy atom. The third-order valence-electron chi connectivity index (χ3n) is 5.64. The van der Waals surface area contributed by atoms with Gasteiger partial charge in [0.15, 0.2) is 0 Å². The molecule has 8 heteroatoms.